The molecule has 0 radical (unpaired) electrons. The number of nitrogens with zero attached hydrogens (tertiary/aromatic N) is 1. The minimum absolute atomic E-state index is 0.0317. The predicted octanol–water partition coefficient (Wildman–Crippen LogP) is 3.07. The van der Waals surface area contributed by atoms with E-state index in [0.29, 0.717) is 11.5 Å². The molecule has 3 rings (SSSR count). The Balaban J connectivity index is 1.55. The fraction of sp³-hybridized carbons (Fsp3) is 0.542. The number of urea groups is 2. The number of nitrogens with one attached hydrogen (secondary N) is 3. The SMILES string of the molecule is [2H]C([2H])([2H])C1=C(CC)C(=O)N(C(=O)NCCc2ccc(S(=O)(=O)NC(=O)NC3CCC(C)CC3)cc2)C1([2H])[2H]. The second kappa shape index (κ2) is 11.0. The summed E-state index contributed by atoms with van der Waals surface area (Å²) in [5.74, 6) is -0.399. The molecule has 34 heavy (non-hydrogen) atoms. The first-order valence-corrected chi connectivity index (χ1v) is 12.8. The van der Waals surface area contributed by atoms with Gasteiger partial charge in [-0.15, -0.1) is 0 Å². The Kier molecular flexibility index (Phi) is 6.30. The van der Waals surface area contributed by atoms with Gasteiger partial charge in [-0.25, -0.2) is 22.7 Å². The summed E-state index contributed by atoms with van der Waals surface area (Å²) in [5.41, 5.74) is -0.311. The van der Waals surface area contributed by atoms with E-state index in [-0.39, 0.29) is 40.8 Å². The third kappa shape index (κ3) is 6.37. The molecule has 0 atom stereocenters. The maximum absolute atomic E-state index is 12.7. The van der Waals surface area contributed by atoms with Crippen molar-refractivity contribution in [1.82, 2.24) is 20.3 Å². The van der Waals surface area contributed by atoms with Gasteiger partial charge in [0.1, 0.15) is 0 Å². The van der Waals surface area contributed by atoms with Crippen LogP contribution in [-0.2, 0) is 21.2 Å². The minimum atomic E-state index is -4.10. The van der Waals surface area contributed by atoms with Crippen molar-refractivity contribution in [2.75, 3.05) is 13.0 Å². The van der Waals surface area contributed by atoms with Gasteiger partial charge in [-0.05, 0) is 74.6 Å². The Hall–Kier alpha value is -2.88. The standard InChI is InChI=1S/C24H34N4O5S/c1-4-21-17(3)15-28(22(21)29)24(31)25-14-13-18-7-11-20(12-8-18)34(32,33)27-23(30)26-19-9-5-16(2)6-10-19/h7-8,11-12,16,19H,4-6,9-10,13-15H2,1-3H3,(H,25,31)(H2,26,27,30)/i3D3,15D2. The first-order valence-electron chi connectivity index (χ1n) is 13.9. The second-order valence-electron chi connectivity index (χ2n) is 8.62. The van der Waals surface area contributed by atoms with E-state index in [1.807, 2.05) is 4.72 Å². The van der Waals surface area contributed by atoms with Gasteiger partial charge in [-0.3, -0.25) is 9.69 Å². The van der Waals surface area contributed by atoms with E-state index >= 15 is 0 Å². The lowest BCUT2D eigenvalue weighted by molar-refractivity contribution is -0.123. The summed E-state index contributed by atoms with van der Waals surface area (Å²) in [5, 5.41) is 5.13. The van der Waals surface area contributed by atoms with Gasteiger partial charge in [0.2, 0.25) is 0 Å². The second-order valence-corrected chi connectivity index (χ2v) is 10.3. The van der Waals surface area contributed by atoms with Crippen LogP contribution in [0.2, 0.25) is 0 Å². The number of rotatable bonds is 7. The van der Waals surface area contributed by atoms with Gasteiger partial charge < -0.3 is 10.6 Å². The van der Waals surface area contributed by atoms with Crippen molar-refractivity contribution in [3.05, 3.63) is 41.0 Å². The highest BCUT2D eigenvalue weighted by Gasteiger charge is 2.31. The molecule has 0 bridgehead atoms. The summed E-state index contributed by atoms with van der Waals surface area (Å²) < 4.78 is 66.4. The molecule has 3 N–H and O–H groups in total. The molecule has 0 unspecified atom stereocenters. The monoisotopic (exact) mass is 495 g/mol. The summed E-state index contributed by atoms with van der Waals surface area (Å²) >= 11 is 0. The summed E-state index contributed by atoms with van der Waals surface area (Å²) in [6.45, 7) is -2.06. The maximum atomic E-state index is 12.7. The smallest absolute Gasteiger partial charge is 0.328 e. The average molecular weight is 496 g/mol. The zero-order chi connectivity index (χ0) is 29.2. The Morgan fingerprint density at radius 3 is 2.44 bits per heavy atom. The molecule has 10 heteroatoms. The summed E-state index contributed by atoms with van der Waals surface area (Å²) in [7, 11) is -4.10. The highest BCUT2D eigenvalue weighted by Crippen LogP contribution is 2.23. The van der Waals surface area contributed by atoms with Gasteiger partial charge in [0.15, 0.2) is 0 Å². The largest absolute Gasteiger partial charge is 0.337 e. The molecule has 2 aliphatic rings. The molecule has 1 aromatic carbocycles. The fourth-order valence-corrected chi connectivity index (χ4v) is 4.89. The zero-order valence-electron chi connectivity index (χ0n) is 24.3. The van der Waals surface area contributed by atoms with Gasteiger partial charge in [-0.1, -0.05) is 26.0 Å². The lowest BCUT2D eigenvalue weighted by Crippen LogP contribution is -2.45. The van der Waals surface area contributed by atoms with E-state index in [1.54, 1.807) is 0 Å². The van der Waals surface area contributed by atoms with Crippen molar-refractivity contribution in [3.63, 3.8) is 0 Å². The topological polar surface area (TPSA) is 125 Å². The van der Waals surface area contributed by atoms with Gasteiger partial charge >= 0.3 is 12.1 Å². The van der Waals surface area contributed by atoms with Crippen LogP contribution in [0.5, 0.6) is 0 Å². The molecular formula is C24H34N4O5S. The van der Waals surface area contributed by atoms with Crippen molar-refractivity contribution < 1.29 is 29.7 Å². The van der Waals surface area contributed by atoms with Gasteiger partial charge in [0, 0.05) is 22.3 Å². The number of benzene rings is 1. The summed E-state index contributed by atoms with van der Waals surface area (Å²) in [6, 6.07) is 3.73. The molecule has 5 amide bonds. The van der Waals surface area contributed by atoms with Crippen molar-refractivity contribution in [3.8, 4) is 0 Å². The number of sulfonamides is 1. The molecule has 1 fully saturated rings. The molecule has 1 saturated carbocycles. The Morgan fingerprint density at radius 1 is 1.18 bits per heavy atom. The highest BCUT2D eigenvalue weighted by molar-refractivity contribution is 7.90. The number of carbonyl (C=O) groups excluding carboxylic acids is 3. The first-order chi connectivity index (χ1) is 18.1. The maximum Gasteiger partial charge on any atom is 0.328 e. The van der Waals surface area contributed by atoms with Crippen LogP contribution in [0.1, 0.15) is 65.2 Å². The molecule has 0 saturated heterocycles. The van der Waals surface area contributed by atoms with Crippen LogP contribution in [0.3, 0.4) is 0 Å². The first kappa shape index (κ1) is 19.4. The molecule has 1 aliphatic carbocycles. The Bertz CT molecular complexity index is 1240. The molecule has 0 aromatic heterocycles. The molecule has 186 valence electrons. The van der Waals surface area contributed by atoms with Crippen molar-refractivity contribution in [2.24, 2.45) is 5.92 Å². The number of carbonyl (C=O) groups is 3. The van der Waals surface area contributed by atoms with Gasteiger partial charge in [0.25, 0.3) is 15.9 Å². The van der Waals surface area contributed by atoms with E-state index in [2.05, 4.69) is 17.6 Å². The van der Waals surface area contributed by atoms with E-state index in [4.69, 9.17) is 6.85 Å². The van der Waals surface area contributed by atoms with Crippen molar-refractivity contribution in [2.45, 2.75) is 70.2 Å². The molecule has 0 spiro atoms. The summed E-state index contributed by atoms with van der Waals surface area (Å²) in [6.07, 6.45) is 3.72. The minimum Gasteiger partial charge on any atom is -0.337 e. The third-order valence-corrected chi connectivity index (χ3v) is 7.39. The van der Waals surface area contributed by atoms with Crippen LogP contribution in [0.25, 0.3) is 0 Å². The number of amides is 5. The van der Waals surface area contributed by atoms with Crippen LogP contribution in [0.4, 0.5) is 9.59 Å². The number of hydrogen-bond donors (Lipinski definition) is 3. The van der Waals surface area contributed by atoms with Crippen LogP contribution in [-0.4, -0.2) is 50.4 Å². The van der Waals surface area contributed by atoms with Crippen LogP contribution >= 0.6 is 0 Å². The van der Waals surface area contributed by atoms with E-state index in [1.165, 1.54) is 31.2 Å². The van der Waals surface area contributed by atoms with E-state index in [9.17, 15) is 22.8 Å². The lowest BCUT2D eigenvalue weighted by Gasteiger charge is -2.26. The van der Waals surface area contributed by atoms with Crippen molar-refractivity contribution in [1.29, 1.82) is 0 Å². The molecule has 1 aliphatic heterocycles. The van der Waals surface area contributed by atoms with E-state index in [0.717, 1.165) is 25.7 Å². The summed E-state index contributed by atoms with van der Waals surface area (Å²) in [4.78, 5) is 37.7. The van der Waals surface area contributed by atoms with Crippen LogP contribution in [0.15, 0.2) is 40.3 Å². The van der Waals surface area contributed by atoms with Gasteiger partial charge in [0.05, 0.1) is 14.1 Å². The normalized spacial score (nSPS) is 24.9. The molecule has 1 aromatic rings. The Labute approximate surface area is 208 Å². The average Bonchev–Trinajstić information content (AvgIpc) is 3.04. The highest BCUT2D eigenvalue weighted by atomic mass is 32.2. The molecule has 9 nitrogen and oxygen atoms in total. The Morgan fingerprint density at radius 2 is 1.85 bits per heavy atom. The number of hydrogen-bond acceptors (Lipinski definition) is 5. The quantitative estimate of drug-likeness (QED) is 0.536. The van der Waals surface area contributed by atoms with Gasteiger partial charge in [-0.2, -0.15) is 0 Å². The van der Waals surface area contributed by atoms with Crippen molar-refractivity contribution >= 4 is 28.0 Å². The fourth-order valence-electron chi connectivity index (χ4n) is 3.97. The molecule has 1 heterocycles. The van der Waals surface area contributed by atoms with Crippen LogP contribution in [0, 0.1) is 5.92 Å². The lowest BCUT2D eigenvalue weighted by atomic mass is 9.87. The number of imide groups is 1. The zero-order valence-corrected chi connectivity index (χ0v) is 20.1. The predicted molar refractivity (Wildman–Crippen MR) is 129 cm³/mol. The van der Waals surface area contributed by atoms with E-state index < -0.39 is 46.9 Å². The molecular weight excluding hydrogens is 456 g/mol. The van der Waals surface area contributed by atoms with Crippen LogP contribution < -0.4 is 15.4 Å². The third-order valence-electron chi connectivity index (χ3n) is 6.04.